The summed E-state index contributed by atoms with van der Waals surface area (Å²) in [7, 11) is -2.49. The van der Waals surface area contributed by atoms with Crippen molar-refractivity contribution in [2.45, 2.75) is 11.8 Å². The number of hydrogen-bond acceptors (Lipinski definition) is 3. The summed E-state index contributed by atoms with van der Waals surface area (Å²) in [5.41, 5.74) is 2.26. The number of benzene rings is 3. The van der Waals surface area contributed by atoms with Crippen LogP contribution in [0, 0.1) is 6.92 Å². The zero-order chi connectivity index (χ0) is 20.3. The highest BCUT2D eigenvalue weighted by molar-refractivity contribution is 7.93. The Bertz CT molecular complexity index is 1120. The highest BCUT2D eigenvalue weighted by Crippen LogP contribution is 2.28. The van der Waals surface area contributed by atoms with E-state index >= 15 is 0 Å². The lowest BCUT2D eigenvalue weighted by Gasteiger charge is -2.20. The van der Waals surface area contributed by atoms with Gasteiger partial charge in [0, 0.05) is 18.3 Å². The van der Waals surface area contributed by atoms with Gasteiger partial charge < -0.3 is 5.32 Å². The molecule has 7 heteroatoms. The van der Waals surface area contributed by atoms with Crippen LogP contribution in [-0.2, 0) is 10.0 Å². The maximum atomic E-state index is 13.1. The predicted octanol–water partition coefficient (Wildman–Crippen LogP) is 4.73. The first-order chi connectivity index (χ1) is 13.3. The standard InChI is InChI=1S/C21H19ClN2O3S/c1-15-8-6-7-11-19(15)23-21(25)16-12-13-18(22)20(14-16)28(26,27)24(2)17-9-4-3-5-10-17/h3-14H,1-2H3,(H,23,25). The lowest BCUT2D eigenvalue weighted by atomic mass is 10.1. The molecule has 0 atom stereocenters. The molecule has 3 aromatic carbocycles. The Kier molecular flexibility index (Phi) is 5.72. The molecule has 0 spiro atoms. The summed E-state index contributed by atoms with van der Waals surface area (Å²) < 4.78 is 27.2. The Morgan fingerprint density at radius 3 is 2.29 bits per heavy atom. The van der Waals surface area contributed by atoms with Crippen molar-refractivity contribution in [3.63, 3.8) is 0 Å². The van der Waals surface area contributed by atoms with E-state index in [1.807, 2.05) is 25.1 Å². The Balaban J connectivity index is 1.95. The average Bonchev–Trinajstić information content (AvgIpc) is 2.70. The van der Waals surface area contributed by atoms with E-state index in [-0.39, 0.29) is 15.5 Å². The normalized spacial score (nSPS) is 11.1. The van der Waals surface area contributed by atoms with Gasteiger partial charge in [0.25, 0.3) is 15.9 Å². The summed E-state index contributed by atoms with van der Waals surface area (Å²) in [4.78, 5) is 12.5. The van der Waals surface area contributed by atoms with E-state index in [4.69, 9.17) is 11.6 Å². The third-order valence-corrected chi connectivity index (χ3v) is 6.61. The number of rotatable bonds is 5. The predicted molar refractivity (Wildman–Crippen MR) is 113 cm³/mol. The van der Waals surface area contributed by atoms with Crippen LogP contribution < -0.4 is 9.62 Å². The Hall–Kier alpha value is -2.83. The fraction of sp³-hybridized carbons (Fsp3) is 0.0952. The molecule has 0 saturated heterocycles. The lowest BCUT2D eigenvalue weighted by molar-refractivity contribution is 0.102. The third-order valence-electron chi connectivity index (χ3n) is 4.34. The summed E-state index contributed by atoms with van der Waals surface area (Å²) in [6, 6.07) is 20.2. The Morgan fingerprint density at radius 1 is 0.964 bits per heavy atom. The fourth-order valence-electron chi connectivity index (χ4n) is 2.67. The molecular formula is C21H19ClN2O3S. The molecule has 0 saturated carbocycles. The molecular weight excluding hydrogens is 396 g/mol. The second-order valence-corrected chi connectivity index (χ2v) is 8.57. The molecule has 0 heterocycles. The van der Waals surface area contributed by atoms with Gasteiger partial charge in [-0.25, -0.2) is 8.42 Å². The monoisotopic (exact) mass is 414 g/mol. The van der Waals surface area contributed by atoms with Gasteiger partial charge in [-0.2, -0.15) is 0 Å². The molecule has 28 heavy (non-hydrogen) atoms. The van der Waals surface area contributed by atoms with Crippen molar-refractivity contribution in [3.05, 3.63) is 88.9 Å². The van der Waals surface area contributed by atoms with Gasteiger partial charge in [0.2, 0.25) is 0 Å². The minimum atomic E-state index is -3.94. The first-order valence-corrected chi connectivity index (χ1v) is 10.3. The molecule has 5 nitrogen and oxygen atoms in total. The van der Waals surface area contributed by atoms with Gasteiger partial charge in [-0.15, -0.1) is 0 Å². The molecule has 3 aromatic rings. The smallest absolute Gasteiger partial charge is 0.265 e. The summed E-state index contributed by atoms with van der Waals surface area (Å²) >= 11 is 6.16. The van der Waals surface area contributed by atoms with Gasteiger partial charge in [-0.1, -0.05) is 48.0 Å². The molecule has 1 N–H and O–H groups in total. The molecule has 0 aliphatic rings. The van der Waals surface area contributed by atoms with E-state index in [0.29, 0.717) is 11.4 Å². The van der Waals surface area contributed by atoms with Gasteiger partial charge >= 0.3 is 0 Å². The van der Waals surface area contributed by atoms with E-state index in [1.165, 1.54) is 25.2 Å². The van der Waals surface area contributed by atoms with Crippen molar-refractivity contribution in [1.82, 2.24) is 0 Å². The molecule has 0 radical (unpaired) electrons. The zero-order valence-electron chi connectivity index (χ0n) is 15.4. The van der Waals surface area contributed by atoms with E-state index in [9.17, 15) is 13.2 Å². The van der Waals surface area contributed by atoms with Crippen LogP contribution in [0.4, 0.5) is 11.4 Å². The molecule has 0 aromatic heterocycles. The largest absolute Gasteiger partial charge is 0.322 e. The number of nitrogens with one attached hydrogen (secondary N) is 1. The van der Waals surface area contributed by atoms with Crippen LogP contribution >= 0.6 is 11.6 Å². The van der Waals surface area contributed by atoms with Crippen LogP contribution in [0.15, 0.2) is 77.7 Å². The second-order valence-electron chi connectivity index (χ2n) is 6.22. The van der Waals surface area contributed by atoms with Gasteiger partial charge in [0.05, 0.1) is 10.7 Å². The Morgan fingerprint density at radius 2 is 1.61 bits per heavy atom. The van der Waals surface area contributed by atoms with Gasteiger partial charge in [-0.05, 0) is 48.9 Å². The summed E-state index contributed by atoms with van der Waals surface area (Å²) in [6.45, 7) is 1.88. The molecule has 1 amide bonds. The molecule has 0 aliphatic carbocycles. The highest BCUT2D eigenvalue weighted by atomic mass is 35.5. The summed E-state index contributed by atoms with van der Waals surface area (Å²) in [5, 5.41) is 2.85. The highest BCUT2D eigenvalue weighted by Gasteiger charge is 2.25. The molecule has 0 fully saturated rings. The number of aryl methyl sites for hydroxylation is 1. The van der Waals surface area contributed by atoms with Crippen molar-refractivity contribution >= 4 is 38.9 Å². The van der Waals surface area contributed by atoms with Crippen LogP contribution in [0.1, 0.15) is 15.9 Å². The quantitative estimate of drug-likeness (QED) is 0.656. The van der Waals surface area contributed by atoms with Crippen molar-refractivity contribution in [1.29, 1.82) is 0 Å². The van der Waals surface area contributed by atoms with Crippen LogP contribution in [0.5, 0.6) is 0 Å². The number of amides is 1. The first-order valence-electron chi connectivity index (χ1n) is 8.51. The minimum absolute atomic E-state index is 0.0511. The zero-order valence-corrected chi connectivity index (χ0v) is 17.0. The van der Waals surface area contributed by atoms with Crippen LogP contribution in [0.3, 0.4) is 0 Å². The van der Waals surface area contributed by atoms with Crippen molar-refractivity contribution in [3.8, 4) is 0 Å². The van der Waals surface area contributed by atoms with Crippen LogP contribution in [-0.4, -0.2) is 21.4 Å². The van der Waals surface area contributed by atoms with E-state index in [0.717, 1.165) is 9.87 Å². The van der Waals surface area contributed by atoms with Crippen LogP contribution in [0.25, 0.3) is 0 Å². The minimum Gasteiger partial charge on any atom is -0.322 e. The molecule has 3 rings (SSSR count). The average molecular weight is 415 g/mol. The summed E-state index contributed by atoms with van der Waals surface area (Å²) in [5.74, 6) is -0.412. The van der Waals surface area contributed by atoms with Gasteiger partial charge in [-0.3, -0.25) is 9.10 Å². The molecule has 0 unspecified atom stereocenters. The Labute approximate surface area is 169 Å². The van der Waals surface area contributed by atoms with E-state index in [1.54, 1.807) is 36.4 Å². The number of carbonyl (C=O) groups excluding carboxylic acids is 1. The van der Waals surface area contributed by atoms with Crippen molar-refractivity contribution in [2.24, 2.45) is 0 Å². The second kappa shape index (κ2) is 8.04. The topological polar surface area (TPSA) is 66.5 Å². The van der Waals surface area contributed by atoms with Gasteiger partial charge in [0.15, 0.2) is 0 Å². The van der Waals surface area contributed by atoms with Crippen molar-refractivity contribution < 1.29 is 13.2 Å². The number of nitrogens with zero attached hydrogens (tertiary/aromatic N) is 1. The number of hydrogen-bond donors (Lipinski definition) is 1. The number of halogens is 1. The third kappa shape index (κ3) is 4.03. The maximum absolute atomic E-state index is 13.1. The van der Waals surface area contributed by atoms with Crippen molar-refractivity contribution in [2.75, 3.05) is 16.7 Å². The number of carbonyl (C=O) groups is 1. The molecule has 0 aliphatic heterocycles. The van der Waals surface area contributed by atoms with Crippen LogP contribution in [0.2, 0.25) is 5.02 Å². The lowest BCUT2D eigenvalue weighted by Crippen LogP contribution is -2.27. The molecule has 0 bridgehead atoms. The maximum Gasteiger partial charge on any atom is 0.265 e. The van der Waals surface area contributed by atoms with E-state index < -0.39 is 15.9 Å². The number of sulfonamides is 1. The van der Waals surface area contributed by atoms with Gasteiger partial charge in [0.1, 0.15) is 4.90 Å². The fourth-order valence-corrected chi connectivity index (χ4v) is 4.37. The van der Waals surface area contributed by atoms with E-state index in [2.05, 4.69) is 5.32 Å². The molecule has 144 valence electrons. The number of anilines is 2. The number of para-hydroxylation sites is 2. The summed E-state index contributed by atoms with van der Waals surface area (Å²) in [6.07, 6.45) is 0. The SMILES string of the molecule is Cc1ccccc1NC(=O)c1ccc(Cl)c(S(=O)(=O)N(C)c2ccccc2)c1. The first kappa shape index (κ1) is 19.9.